The quantitative estimate of drug-likeness (QED) is 0.347. The molecule has 0 aromatic heterocycles. The van der Waals surface area contributed by atoms with Crippen molar-refractivity contribution in [2.24, 2.45) is 0 Å². The molecule has 1 unspecified atom stereocenters. The van der Waals surface area contributed by atoms with Crippen molar-refractivity contribution < 1.29 is 14.3 Å². The van der Waals surface area contributed by atoms with Crippen LogP contribution in [0, 0.1) is 18.3 Å². The van der Waals surface area contributed by atoms with Crippen molar-refractivity contribution >= 4 is 12.0 Å². The van der Waals surface area contributed by atoms with Gasteiger partial charge in [-0.2, -0.15) is 5.26 Å². The second-order valence-electron chi connectivity index (χ2n) is 4.90. The molecule has 0 spiro atoms. The van der Waals surface area contributed by atoms with Gasteiger partial charge in [-0.15, -0.1) is 0 Å². The van der Waals surface area contributed by atoms with Gasteiger partial charge in [0, 0.05) is 0 Å². The van der Waals surface area contributed by atoms with Crippen LogP contribution in [0.25, 0.3) is 6.08 Å². The van der Waals surface area contributed by atoms with Crippen molar-refractivity contribution in [2.75, 3.05) is 7.11 Å². The van der Waals surface area contributed by atoms with Crippen LogP contribution in [0.1, 0.15) is 31.4 Å². The van der Waals surface area contributed by atoms with Gasteiger partial charge >= 0.3 is 5.97 Å². The number of carbonyl (C=O) groups is 1. The molecule has 1 atom stereocenters. The molecule has 0 saturated carbocycles. The highest BCUT2D eigenvalue weighted by atomic mass is 16.5. The standard InChI is InChI=1S/C18H21NO3/c1-5-14(3)22-18(20)16(12-19)8-6-7-15-11-17(21-4)10-9-13(15)2/h6-11,14H,5H2,1-4H3/b7-6+,16-8+. The number of aryl methyl sites for hydroxylation is 1. The maximum atomic E-state index is 11.8. The Labute approximate surface area is 131 Å². The number of esters is 1. The predicted molar refractivity (Wildman–Crippen MR) is 86.3 cm³/mol. The van der Waals surface area contributed by atoms with Crippen LogP contribution in [0.5, 0.6) is 5.75 Å². The van der Waals surface area contributed by atoms with Gasteiger partial charge in [-0.25, -0.2) is 4.79 Å². The predicted octanol–water partition coefficient (Wildman–Crippen LogP) is 3.81. The molecular weight excluding hydrogens is 278 g/mol. The first-order valence-corrected chi connectivity index (χ1v) is 7.15. The summed E-state index contributed by atoms with van der Waals surface area (Å²) in [5.41, 5.74) is 2.02. The zero-order chi connectivity index (χ0) is 16.5. The van der Waals surface area contributed by atoms with Crippen LogP contribution >= 0.6 is 0 Å². The summed E-state index contributed by atoms with van der Waals surface area (Å²) >= 11 is 0. The number of benzene rings is 1. The second-order valence-corrected chi connectivity index (χ2v) is 4.90. The second kappa shape index (κ2) is 8.68. The maximum Gasteiger partial charge on any atom is 0.349 e. The number of ether oxygens (including phenoxy) is 2. The molecule has 1 aromatic carbocycles. The normalized spacial score (nSPS) is 12.8. The van der Waals surface area contributed by atoms with Crippen molar-refractivity contribution in [1.29, 1.82) is 5.26 Å². The van der Waals surface area contributed by atoms with E-state index in [-0.39, 0.29) is 11.7 Å². The number of hydrogen-bond donors (Lipinski definition) is 0. The van der Waals surface area contributed by atoms with Gasteiger partial charge in [-0.1, -0.05) is 25.1 Å². The highest BCUT2D eigenvalue weighted by Gasteiger charge is 2.12. The van der Waals surface area contributed by atoms with Gasteiger partial charge in [0.25, 0.3) is 0 Å². The smallest absolute Gasteiger partial charge is 0.349 e. The molecule has 0 bridgehead atoms. The van der Waals surface area contributed by atoms with Gasteiger partial charge in [-0.3, -0.25) is 0 Å². The average molecular weight is 299 g/mol. The lowest BCUT2D eigenvalue weighted by atomic mass is 10.1. The SMILES string of the molecule is CCC(C)OC(=O)/C(C#N)=C/C=C/c1cc(OC)ccc1C. The Kier molecular flexibility index (Phi) is 6.91. The Morgan fingerprint density at radius 3 is 2.77 bits per heavy atom. The van der Waals surface area contributed by atoms with Crippen molar-refractivity contribution in [1.82, 2.24) is 0 Å². The number of hydrogen-bond acceptors (Lipinski definition) is 4. The Hall–Kier alpha value is -2.54. The first-order valence-electron chi connectivity index (χ1n) is 7.15. The van der Waals surface area contributed by atoms with E-state index in [4.69, 9.17) is 14.7 Å². The van der Waals surface area contributed by atoms with Gasteiger partial charge in [0.05, 0.1) is 13.2 Å². The monoisotopic (exact) mass is 299 g/mol. The molecule has 116 valence electrons. The third-order valence-corrected chi connectivity index (χ3v) is 3.25. The molecule has 4 nitrogen and oxygen atoms in total. The molecule has 1 rings (SSSR count). The van der Waals surface area contributed by atoms with E-state index in [1.54, 1.807) is 20.1 Å². The number of methoxy groups -OCH3 is 1. The molecule has 0 radical (unpaired) electrons. The zero-order valence-electron chi connectivity index (χ0n) is 13.4. The molecule has 0 aliphatic rings. The third kappa shape index (κ3) is 5.10. The third-order valence-electron chi connectivity index (χ3n) is 3.25. The van der Waals surface area contributed by atoms with Gasteiger partial charge < -0.3 is 9.47 Å². The fourth-order valence-electron chi connectivity index (χ4n) is 1.65. The molecule has 0 N–H and O–H groups in total. The largest absolute Gasteiger partial charge is 0.497 e. The lowest BCUT2D eigenvalue weighted by Crippen LogP contribution is -2.15. The van der Waals surface area contributed by atoms with Gasteiger partial charge in [-0.05, 0) is 49.6 Å². The molecule has 0 aliphatic carbocycles. The van der Waals surface area contributed by atoms with Crippen LogP contribution in [0.4, 0.5) is 0 Å². The minimum absolute atomic E-state index is 0.0166. The van der Waals surface area contributed by atoms with E-state index in [0.29, 0.717) is 6.42 Å². The molecule has 0 heterocycles. The number of nitrogens with zero attached hydrogens (tertiary/aromatic N) is 1. The van der Waals surface area contributed by atoms with Crippen molar-refractivity contribution in [2.45, 2.75) is 33.3 Å². The summed E-state index contributed by atoms with van der Waals surface area (Å²) in [5.74, 6) is 0.162. The first kappa shape index (κ1) is 17.5. The average Bonchev–Trinajstić information content (AvgIpc) is 2.52. The summed E-state index contributed by atoms with van der Waals surface area (Å²) < 4.78 is 10.3. The van der Waals surface area contributed by atoms with E-state index < -0.39 is 5.97 Å². The summed E-state index contributed by atoms with van der Waals surface area (Å²) in [7, 11) is 1.61. The van der Waals surface area contributed by atoms with Crippen LogP contribution in [-0.4, -0.2) is 19.2 Å². The highest BCUT2D eigenvalue weighted by molar-refractivity contribution is 5.93. The van der Waals surface area contributed by atoms with Crippen LogP contribution in [0.15, 0.2) is 35.9 Å². The van der Waals surface area contributed by atoms with Crippen LogP contribution in [-0.2, 0) is 9.53 Å². The molecule has 1 aromatic rings. The van der Waals surface area contributed by atoms with Crippen molar-refractivity contribution in [3.05, 3.63) is 47.1 Å². The molecular formula is C18H21NO3. The van der Waals surface area contributed by atoms with E-state index in [1.807, 2.05) is 44.2 Å². The molecule has 0 saturated heterocycles. The summed E-state index contributed by atoms with van der Waals surface area (Å²) in [5, 5.41) is 9.04. The van der Waals surface area contributed by atoms with E-state index in [1.165, 1.54) is 6.08 Å². The van der Waals surface area contributed by atoms with Crippen LogP contribution in [0.3, 0.4) is 0 Å². The van der Waals surface area contributed by atoms with E-state index in [9.17, 15) is 4.79 Å². The molecule has 0 aliphatic heterocycles. The van der Waals surface area contributed by atoms with Gasteiger partial charge in [0.2, 0.25) is 0 Å². The maximum absolute atomic E-state index is 11.8. The van der Waals surface area contributed by atoms with Crippen molar-refractivity contribution in [3.63, 3.8) is 0 Å². The minimum Gasteiger partial charge on any atom is -0.497 e. The van der Waals surface area contributed by atoms with E-state index >= 15 is 0 Å². The molecule has 22 heavy (non-hydrogen) atoms. The number of rotatable bonds is 6. The first-order chi connectivity index (χ1) is 10.5. The van der Waals surface area contributed by atoms with Crippen LogP contribution in [0.2, 0.25) is 0 Å². The topological polar surface area (TPSA) is 59.3 Å². The summed E-state index contributed by atoms with van der Waals surface area (Å²) in [4.78, 5) is 11.8. The van der Waals surface area contributed by atoms with Gasteiger partial charge in [0.1, 0.15) is 17.4 Å². The van der Waals surface area contributed by atoms with E-state index in [2.05, 4.69) is 0 Å². The number of carbonyl (C=O) groups excluding carboxylic acids is 1. The molecule has 4 heteroatoms. The Morgan fingerprint density at radius 2 is 2.18 bits per heavy atom. The molecule has 0 fully saturated rings. The fraction of sp³-hybridized carbons (Fsp3) is 0.333. The fourth-order valence-corrected chi connectivity index (χ4v) is 1.65. The molecule has 0 amide bonds. The Morgan fingerprint density at radius 1 is 1.45 bits per heavy atom. The highest BCUT2D eigenvalue weighted by Crippen LogP contribution is 2.18. The summed E-state index contributed by atoms with van der Waals surface area (Å²) in [6, 6.07) is 7.59. The lowest BCUT2D eigenvalue weighted by molar-refractivity contribution is -0.143. The van der Waals surface area contributed by atoms with E-state index in [0.717, 1.165) is 16.9 Å². The number of nitriles is 1. The Balaban J connectivity index is 2.88. The minimum atomic E-state index is -0.594. The lowest BCUT2D eigenvalue weighted by Gasteiger charge is -2.09. The van der Waals surface area contributed by atoms with Crippen molar-refractivity contribution in [3.8, 4) is 11.8 Å². The zero-order valence-corrected chi connectivity index (χ0v) is 13.4. The summed E-state index contributed by atoms with van der Waals surface area (Å²) in [6.45, 7) is 5.69. The Bertz CT molecular complexity index is 624. The summed E-state index contributed by atoms with van der Waals surface area (Å²) in [6.07, 6.45) is 5.46. The van der Waals surface area contributed by atoms with Gasteiger partial charge in [0.15, 0.2) is 0 Å². The number of allylic oxidation sites excluding steroid dienone is 2. The van der Waals surface area contributed by atoms with Crippen LogP contribution < -0.4 is 4.74 Å².